The van der Waals surface area contributed by atoms with E-state index in [0.717, 1.165) is 0 Å². The minimum absolute atomic E-state index is 0.603. The van der Waals surface area contributed by atoms with Crippen LogP contribution in [-0.2, 0) is 9.53 Å². The lowest BCUT2D eigenvalue weighted by Crippen LogP contribution is -1.88. The number of carbonyl (C=O) groups excluding carboxylic acids is 1. The van der Waals surface area contributed by atoms with E-state index in [0.29, 0.717) is 5.69 Å². The highest BCUT2D eigenvalue weighted by Crippen LogP contribution is 1.95. The molecule has 10 heavy (non-hydrogen) atoms. The van der Waals surface area contributed by atoms with Gasteiger partial charge in [0.2, 0.25) is 0 Å². The van der Waals surface area contributed by atoms with E-state index in [-0.39, 0.29) is 0 Å². The molecule has 0 aromatic carbocycles. The van der Waals surface area contributed by atoms with Gasteiger partial charge in [0.05, 0.1) is 5.69 Å². The molecule has 0 saturated carbocycles. The molecule has 0 aliphatic rings. The van der Waals surface area contributed by atoms with Gasteiger partial charge in [-0.2, -0.15) is 0 Å². The van der Waals surface area contributed by atoms with Crippen molar-refractivity contribution >= 4 is 6.47 Å². The zero-order valence-electron chi connectivity index (χ0n) is 5.15. The van der Waals surface area contributed by atoms with E-state index in [9.17, 15) is 4.79 Å². The van der Waals surface area contributed by atoms with Crippen LogP contribution in [0.4, 0.5) is 0 Å². The molecule has 0 amide bonds. The highest BCUT2D eigenvalue weighted by atomic mass is 16.5. The lowest BCUT2D eigenvalue weighted by Gasteiger charge is -1.92. The van der Waals surface area contributed by atoms with Crippen molar-refractivity contribution in [3.63, 3.8) is 0 Å². The first-order valence-corrected chi connectivity index (χ1v) is 2.70. The van der Waals surface area contributed by atoms with Crippen LogP contribution in [0.5, 0.6) is 0 Å². The third-order valence-corrected chi connectivity index (χ3v) is 0.916. The maximum Gasteiger partial charge on any atom is 0.418 e. The molecular formula is C7H5NO2. The lowest BCUT2D eigenvalue weighted by atomic mass is 10.4. The van der Waals surface area contributed by atoms with Gasteiger partial charge in [0, 0.05) is 6.20 Å². The van der Waals surface area contributed by atoms with Crippen molar-refractivity contribution in [3.05, 3.63) is 36.7 Å². The van der Waals surface area contributed by atoms with Crippen molar-refractivity contribution in [1.82, 2.24) is 4.98 Å². The fourth-order valence-electron chi connectivity index (χ4n) is 0.530. The lowest BCUT2D eigenvalue weighted by molar-refractivity contribution is 0.361. The van der Waals surface area contributed by atoms with E-state index in [4.69, 9.17) is 0 Å². The van der Waals surface area contributed by atoms with Crippen LogP contribution in [0.1, 0.15) is 5.69 Å². The van der Waals surface area contributed by atoms with Gasteiger partial charge in [0.25, 0.3) is 0 Å². The number of pyridine rings is 1. The molecule has 2 radical (unpaired) electrons. The van der Waals surface area contributed by atoms with Crippen LogP contribution in [0.3, 0.4) is 0 Å². The molecule has 0 N–H and O–H groups in total. The first kappa shape index (κ1) is 6.74. The van der Waals surface area contributed by atoms with Crippen LogP contribution in [0.25, 0.3) is 0 Å². The molecular weight excluding hydrogens is 130 g/mol. The van der Waals surface area contributed by atoms with E-state index >= 15 is 0 Å². The van der Waals surface area contributed by atoms with E-state index < -0.39 is 0 Å². The first-order chi connectivity index (χ1) is 4.93. The summed E-state index contributed by atoms with van der Waals surface area (Å²) in [6.45, 7) is 2.50. The molecule has 0 fully saturated rings. The monoisotopic (exact) mass is 135 g/mol. The minimum Gasteiger partial charge on any atom is -0.443 e. The summed E-state index contributed by atoms with van der Waals surface area (Å²) in [6.07, 6.45) is 1.61. The Morgan fingerprint density at radius 2 is 2.50 bits per heavy atom. The Kier molecular flexibility index (Phi) is 2.43. The van der Waals surface area contributed by atoms with Gasteiger partial charge < -0.3 is 4.74 Å². The standard InChI is InChI=1S/C7H5NO2/c9-6-10-5-7-3-1-2-4-8-7/h1-5H. The predicted octanol–water partition coefficient (Wildman–Crippen LogP) is 0.675. The quantitative estimate of drug-likeness (QED) is 0.611. The number of aromatic nitrogens is 1. The molecule has 1 aromatic heterocycles. The Morgan fingerprint density at radius 3 is 3.10 bits per heavy atom. The van der Waals surface area contributed by atoms with Gasteiger partial charge in [-0.3, -0.25) is 4.98 Å². The van der Waals surface area contributed by atoms with Crippen LogP contribution in [0.15, 0.2) is 24.4 Å². The molecule has 0 spiro atoms. The molecule has 0 aliphatic carbocycles. The number of hydrogen-bond acceptors (Lipinski definition) is 3. The molecule has 1 heterocycles. The predicted molar refractivity (Wildman–Crippen MR) is 34.4 cm³/mol. The second-order valence-corrected chi connectivity index (χ2v) is 1.57. The molecule has 3 heteroatoms. The summed E-state index contributed by atoms with van der Waals surface area (Å²) in [7, 11) is 0. The summed E-state index contributed by atoms with van der Waals surface area (Å²) in [5.74, 6) is 0. The SMILES string of the molecule is O=[C]O[CH]c1ccccn1. The van der Waals surface area contributed by atoms with Crippen molar-refractivity contribution in [1.29, 1.82) is 0 Å². The Hall–Kier alpha value is -1.38. The molecule has 0 unspecified atom stereocenters. The number of ether oxygens (including phenoxy) is 1. The van der Waals surface area contributed by atoms with E-state index in [1.807, 2.05) is 0 Å². The van der Waals surface area contributed by atoms with Crippen molar-refractivity contribution in [2.24, 2.45) is 0 Å². The number of nitrogens with zero attached hydrogens (tertiary/aromatic N) is 1. The summed E-state index contributed by atoms with van der Waals surface area (Å²) in [5, 5.41) is 0. The third-order valence-electron chi connectivity index (χ3n) is 0.916. The van der Waals surface area contributed by atoms with Crippen LogP contribution in [-0.4, -0.2) is 11.5 Å². The van der Waals surface area contributed by atoms with Gasteiger partial charge in [0.1, 0.15) is 0 Å². The molecule has 3 nitrogen and oxygen atoms in total. The van der Waals surface area contributed by atoms with Gasteiger partial charge in [0.15, 0.2) is 6.61 Å². The molecule has 0 aliphatic heterocycles. The second kappa shape index (κ2) is 3.61. The summed E-state index contributed by atoms with van der Waals surface area (Å²) < 4.78 is 4.23. The van der Waals surface area contributed by atoms with Crippen LogP contribution in [0.2, 0.25) is 0 Å². The van der Waals surface area contributed by atoms with Crippen LogP contribution < -0.4 is 0 Å². The van der Waals surface area contributed by atoms with E-state index in [2.05, 4.69) is 9.72 Å². The van der Waals surface area contributed by atoms with E-state index in [1.165, 1.54) is 13.1 Å². The molecule has 0 bridgehead atoms. The summed E-state index contributed by atoms with van der Waals surface area (Å²) in [4.78, 5) is 13.4. The van der Waals surface area contributed by atoms with Crippen molar-refractivity contribution in [3.8, 4) is 0 Å². The third kappa shape index (κ3) is 1.85. The van der Waals surface area contributed by atoms with Gasteiger partial charge in [-0.05, 0) is 12.1 Å². The summed E-state index contributed by atoms with van der Waals surface area (Å²) >= 11 is 0. The van der Waals surface area contributed by atoms with Crippen molar-refractivity contribution in [2.45, 2.75) is 0 Å². The van der Waals surface area contributed by atoms with E-state index in [1.54, 1.807) is 24.4 Å². The van der Waals surface area contributed by atoms with Gasteiger partial charge >= 0.3 is 6.47 Å². The zero-order chi connectivity index (χ0) is 7.23. The second-order valence-electron chi connectivity index (χ2n) is 1.57. The van der Waals surface area contributed by atoms with Gasteiger partial charge in [-0.1, -0.05) is 6.07 Å². The normalized spacial score (nSPS) is 8.80. The molecule has 1 aromatic rings. The van der Waals surface area contributed by atoms with Crippen molar-refractivity contribution < 1.29 is 9.53 Å². The fourth-order valence-corrected chi connectivity index (χ4v) is 0.530. The Labute approximate surface area is 58.7 Å². The largest absolute Gasteiger partial charge is 0.443 e. The minimum atomic E-state index is 0.603. The van der Waals surface area contributed by atoms with Gasteiger partial charge in [-0.15, -0.1) is 0 Å². The molecule has 1 rings (SSSR count). The summed E-state index contributed by atoms with van der Waals surface area (Å²) in [6, 6.07) is 5.30. The number of hydrogen-bond donors (Lipinski definition) is 0. The first-order valence-electron chi connectivity index (χ1n) is 2.70. The topological polar surface area (TPSA) is 39.2 Å². The average Bonchev–Trinajstić information content (AvgIpc) is 2.03. The average molecular weight is 135 g/mol. The van der Waals surface area contributed by atoms with Crippen LogP contribution >= 0.6 is 0 Å². The highest BCUT2D eigenvalue weighted by molar-refractivity contribution is 5.40. The Bertz CT molecular complexity index is 198. The smallest absolute Gasteiger partial charge is 0.418 e. The highest BCUT2D eigenvalue weighted by Gasteiger charge is 1.91. The molecule has 0 atom stereocenters. The molecule has 50 valence electrons. The Balaban J connectivity index is 2.50. The van der Waals surface area contributed by atoms with Crippen LogP contribution in [0, 0.1) is 6.61 Å². The van der Waals surface area contributed by atoms with Crippen molar-refractivity contribution in [2.75, 3.05) is 0 Å². The maximum atomic E-state index is 9.57. The fraction of sp³-hybridized carbons (Fsp3) is 0. The maximum absolute atomic E-state index is 9.57. The number of rotatable bonds is 3. The van der Waals surface area contributed by atoms with Gasteiger partial charge in [-0.25, -0.2) is 4.79 Å². The Morgan fingerprint density at radius 1 is 1.60 bits per heavy atom. The summed E-state index contributed by atoms with van der Waals surface area (Å²) in [5.41, 5.74) is 0.603. The molecule has 0 saturated heterocycles. The zero-order valence-corrected chi connectivity index (χ0v) is 5.15.